The van der Waals surface area contributed by atoms with Crippen molar-refractivity contribution in [3.05, 3.63) is 59.2 Å². The van der Waals surface area contributed by atoms with Crippen molar-refractivity contribution in [1.29, 1.82) is 0 Å². The van der Waals surface area contributed by atoms with Crippen molar-refractivity contribution in [2.45, 2.75) is 13.8 Å². The number of rotatable bonds is 5. The molecule has 0 fully saturated rings. The van der Waals surface area contributed by atoms with Crippen LogP contribution in [0.3, 0.4) is 0 Å². The van der Waals surface area contributed by atoms with Crippen LogP contribution in [0, 0.1) is 6.92 Å². The molecule has 114 valence electrons. The fourth-order valence-electron chi connectivity index (χ4n) is 1.85. The highest BCUT2D eigenvalue weighted by Gasteiger charge is 2.06. The second kappa shape index (κ2) is 7.26. The predicted octanol–water partition coefficient (Wildman–Crippen LogP) is 2.86. The molecule has 0 bridgehead atoms. The second-order valence-electron chi connectivity index (χ2n) is 4.69. The average molecular weight is 298 g/mol. The van der Waals surface area contributed by atoms with E-state index in [0.29, 0.717) is 23.5 Å². The van der Waals surface area contributed by atoms with Gasteiger partial charge in [-0.15, -0.1) is 0 Å². The van der Waals surface area contributed by atoms with Crippen molar-refractivity contribution in [3.8, 4) is 11.5 Å². The number of phenols is 1. The normalized spacial score (nSPS) is 10.6. The second-order valence-corrected chi connectivity index (χ2v) is 4.69. The molecule has 22 heavy (non-hydrogen) atoms. The van der Waals surface area contributed by atoms with Crippen LogP contribution in [0.5, 0.6) is 11.5 Å². The topological polar surface area (TPSA) is 70.9 Å². The van der Waals surface area contributed by atoms with Gasteiger partial charge in [-0.1, -0.05) is 23.8 Å². The van der Waals surface area contributed by atoms with Gasteiger partial charge in [-0.25, -0.2) is 5.43 Å². The molecule has 0 aromatic heterocycles. The fraction of sp³-hybridized carbons (Fsp3) is 0.176. The van der Waals surface area contributed by atoms with Gasteiger partial charge in [0.2, 0.25) is 0 Å². The number of hydrogen-bond donors (Lipinski definition) is 2. The van der Waals surface area contributed by atoms with Crippen LogP contribution in [0.1, 0.15) is 28.4 Å². The maximum atomic E-state index is 11.9. The third-order valence-electron chi connectivity index (χ3n) is 3.01. The molecule has 0 aliphatic rings. The van der Waals surface area contributed by atoms with Gasteiger partial charge < -0.3 is 9.84 Å². The van der Waals surface area contributed by atoms with Crippen molar-refractivity contribution >= 4 is 12.1 Å². The number of carbonyl (C=O) groups is 1. The van der Waals surface area contributed by atoms with Crippen LogP contribution in [0.25, 0.3) is 0 Å². The molecule has 0 aliphatic carbocycles. The summed E-state index contributed by atoms with van der Waals surface area (Å²) in [4.78, 5) is 11.9. The van der Waals surface area contributed by atoms with Gasteiger partial charge in [0, 0.05) is 11.1 Å². The van der Waals surface area contributed by atoms with E-state index in [9.17, 15) is 9.90 Å². The molecule has 0 unspecified atom stereocenters. The smallest absolute Gasteiger partial charge is 0.271 e. The van der Waals surface area contributed by atoms with Crippen LogP contribution in [0.4, 0.5) is 0 Å². The number of aryl methyl sites for hydroxylation is 1. The van der Waals surface area contributed by atoms with E-state index in [-0.39, 0.29) is 11.7 Å². The third kappa shape index (κ3) is 3.85. The maximum Gasteiger partial charge on any atom is 0.271 e. The van der Waals surface area contributed by atoms with E-state index < -0.39 is 0 Å². The van der Waals surface area contributed by atoms with Gasteiger partial charge in [-0.3, -0.25) is 4.79 Å². The maximum absolute atomic E-state index is 11.9. The van der Waals surface area contributed by atoms with Crippen LogP contribution in [0.2, 0.25) is 0 Å². The molecule has 0 radical (unpaired) electrons. The van der Waals surface area contributed by atoms with E-state index in [1.54, 1.807) is 30.3 Å². The summed E-state index contributed by atoms with van der Waals surface area (Å²) in [5, 5.41) is 13.9. The predicted molar refractivity (Wildman–Crippen MR) is 85.5 cm³/mol. The number of phenolic OH excluding ortho intramolecular Hbond substituents is 1. The summed E-state index contributed by atoms with van der Waals surface area (Å²) < 4.78 is 5.29. The molecule has 0 spiro atoms. The van der Waals surface area contributed by atoms with Crippen molar-refractivity contribution in [1.82, 2.24) is 5.43 Å². The Labute approximate surface area is 129 Å². The summed E-state index contributed by atoms with van der Waals surface area (Å²) in [6, 6.07) is 12.3. The Morgan fingerprint density at radius 2 is 2.00 bits per heavy atom. The number of aromatic hydroxyl groups is 1. The van der Waals surface area contributed by atoms with E-state index >= 15 is 0 Å². The van der Waals surface area contributed by atoms with Gasteiger partial charge in [0.1, 0.15) is 0 Å². The number of hydrogen-bond acceptors (Lipinski definition) is 4. The van der Waals surface area contributed by atoms with Crippen LogP contribution in [0.15, 0.2) is 47.6 Å². The van der Waals surface area contributed by atoms with Crippen LogP contribution in [-0.4, -0.2) is 23.8 Å². The molecule has 1 amide bonds. The highest BCUT2D eigenvalue weighted by Crippen LogP contribution is 2.28. The van der Waals surface area contributed by atoms with Crippen molar-refractivity contribution in [2.75, 3.05) is 6.61 Å². The molecule has 0 aliphatic heterocycles. The van der Waals surface area contributed by atoms with Crippen LogP contribution in [-0.2, 0) is 0 Å². The highest BCUT2D eigenvalue weighted by molar-refractivity contribution is 5.95. The number of hydrazone groups is 1. The lowest BCUT2D eigenvalue weighted by Crippen LogP contribution is -2.17. The Hall–Kier alpha value is -2.82. The summed E-state index contributed by atoms with van der Waals surface area (Å²) in [7, 11) is 0. The molecule has 2 rings (SSSR count). The lowest BCUT2D eigenvalue weighted by Gasteiger charge is -2.07. The minimum Gasteiger partial charge on any atom is -0.504 e. The number of carbonyl (C=O) groups excluding carboxylic acids is 1. The number of nitrogens with one attached hydrogen (secondary N) is 1. The van der Waals surface area contributed by atoms with Gasteiger partial charge >= 0.3 is 0 Å². The molecule has 0 saturated heterocycles. The average Bonchev–Trinajstić information content (AvgIpc) is 2.51. The van der Waals surface area contributed by atoms with Gasteiger partial charge in [0.25, 0.3) is 5.91 Å². The van der Waals surface area contributed by atoms with E-state index in [0.717, 1.165) is 5.56 Å². The Morgan fingerprint density at radius 3 is 2.68 bits per heavy atom. The fourth-order valence-corrected chi connectivity index (χ4v) is 1.85. The first kappa shape index (κ1) is 15.6. The first-order valence-corrected chi connectivity index (χ1v) is 6.96. The van der Waals surface area contributed by atoms with Crippen molar-refractivity contribution in [3.63, 3.8) is 0 Å². The minimum absolute atomic E-state index is 0.00214. The quantitative estimate of drug-likeness (QED) is 0.658. The lowest BCUT2D eigenvalue weighted by atomic mass is 10.1. The minimum atomic E-state index is -0.309. The number of para-hydroxylation sites is 1. The van der Waals surface area contributed by atoms with Gasteiger partial charge in [0.15, 0.2) is 11.5 Å². The Kier molecular flexibility index (Phi) is 5.14. The van der Waals surface area contributed by atoms with Crippen LogP contribution < -0.4 is 10.2 Å². The molecule has 0 atom stereocenters. The molecular weight excluding hydrogens is 280 g/mol. The zero-order chi connectivity index (χ0) is 15.9. The lowest BCUT2D eigenvalue weighted by molar-refractivity contribution is 0.0955. The van der Waals surface area contributed by atoms with E-state index in [1.807, 2.05) is 26.0 Å². The van der Waals surface area contributed by atoms with Crippen LogP contribution >= 0.6 is 0 Å². The summed E-state index contributed by atoms with van der Waals surface area (Å²) in [6.07, 6.45) is 1.38. The molecule has 0 saturated carbocycles. The molecule has 5 nitrogen and oxygen atoms in total. The summed E-state index contributed by atoms with van der Waals surface area (Å²) >= 11 is 0. The molecule has 0 heterocycles. The number of ether oxygens (including phenoxy) is 1. The Balaban J connectivity index is 2.05. The molecule has 2 aromatic carbocycles. The molecular formula is C17H18N2O3. The first-order chi connectivity index (χ1) is 10.6. The van der Waals surface area contributed by atoms with Gasteiger partial charge in [-0.05, 0) is 38.1 Å². The largest absolute Gasteiger partial charge is 0.504 e. The Bertz CT molecular complexity index is 679. The number of nitrogens with zero attached hydrogens (tertiary/aromatic N) is 1. The number of benzene rings is 2. The molecule has 2 N–H and O–H groups in total. The summed E-state index contributed by atoms with van der Waals surface area (Å²) in [5.41, 5.74) is 4.50. The molecule has 5 heteroatoms. The summed E-state index contributed by atoms with van der Waals surface area (Å²) in [5.74, 6) is 0.0747. The van der Waals surface area contributed by atoms with Gasteiger partial charge in [0.05, 0.1) is 12.8 Å². The van der Waals surface area contributed by atoms with E-state index in [4.69, 9.17) is 4.74 Å². The Morgan fingerprint density at radius 1 is 1.27 bits per heavy atom. The monoisotopic (exact) mass is 298 g/mol. The van der Waals surface area contributed by atoms with Crippen molar-refractivity contribution in [2.24, 2.45) is 5.10 Å². The van der Waals surface area contributed by atoms with Crippen molar-refractivity contribution < 1.29 is 14.6 Å². The van der Waals surface area contributed by atoms with Gasteiger partial charge in [-0.2, -0.15) is 5.10 Å². The zero-order valence-electron chi connectivity index (χ0n) is 12.5. The zero-order valence-corrected chi connectivity index (χ0v) is 12.5. The number of amides is 1. The summed E-state index contributed by atoms with van der Waals surface area (Å²) in [6.45, 7) is 4.24. The van der Waals surface area contributed by atoms with E-state index in [2.05, 4.69) is 10.5 Å². The van der Waals surface area contributed by atoms with E-state index in [1.165, 1.54) is 6.21 Å². The SMILES string of the molecule is CCOc1cccc(/C=N/NC(=O)c2ccc(C)cc2)c1O. The molecule has 2 aromatic rings. The standard InChI is InChI=1S/C17H18N2O3/c1-3-22-15-6-4-5-14(16(15)20)11-18-19-17(21)13-9-7-12(2)8-10-13/h4-11,20H,3H2,1-2H3,(H,19,21)/b18-11+. The first-order valence-electron chi connectivity index (χ1n) is 6.96. The highest BCUT2D eigenvalue weighted by atomic mass is 16.5. The third-order valence-corrected chi connectivity index (χ3v) is 3.01.